The maximum absolute atomic E-state index is 12.6. The van der Waals surface area contributed by atoms with Crippen LogP contribution in [-0.4, -0.2) is 55.6 Å². The molecular formula is C19H19N5O3. The van der Waals surface area contributed by atoms with Gasteiger partial charge in [-0.1, -0.05) is 12.1 Å². The minimum Gasteiger partial charge on any atom is -0.393 e. The van der Waals surface area contributed by atoms with Crippen LogP contribution in [0.25, 0.3) is 16.9 Å². The summed E-state index contributed by atoms with van der Waals surface area (Å²) in [6, 6.07) is 10.6. The first kappa shape index (κ1) is 17.2. The first-order valence-corrected chi connectivity index (χ1v) is 8.75. The smallest absolute Gasteiger partial charge is 0.253 e. The van der Waals surface area contributed by atoms with Crippen LogP contribution in [0.3, 0.4) is 0 Å². The largest absolute Gasteiger partial charge is 0.393 e. The molecule has 3 aromatic rings. The number of aliphatic hydroxyl groups excluding tert-OH is 1. The number of piperidine rings is 1. The lowest BCUT2D eigenvalue weighted by molar-refractivity contribution is 0.0546. The number of hydrogen-bond acceptors (Lipinski definition) is 5. The minimum absolute atomic E-state index is 0.0385. The van der Waals surface area contributed by atoms with Gasteiger partial charge in [0.15, 0.2) is 5.65 Å². The van der Waals surface area contributed by atoms with E-state index < -0.39 is 5.91 Å². The molecule has 3 N–H and O–H groups in total. The first-order valence-electron chi connectivity index (χ1n) is 8.75. The van der Waals surface area contributed by atoms with Crippen LogP contribution in [0.5, 0.6) is 0 Å². The monoisotopic (exact) mass is 365 g/mol. The molecule has 4 rings (SSSR count). The first-order chi connectivity index (χ1) is 13.0. The Balaban J connectivity index is 1.62. The van der Waals surface area contributed by atoms with E-state index in [9.17, 15) is 14.7 Å². The zero-order chi connectivity index (χ0) is 19.0. The van der Waals surface area contributed by atoms with Crippen LogP contribution < -0.4 is 5.73 Å². The highest BCUT2D eigenvalue weighted by Gasteiger charge is 2.22. The number of primary amides is 1. The summed E-state index contributed by atoms with van der Waals surface area (Å²) in [6.07, 6.45) is 2.28. The van der Waals surface area contributed by atoms with Gasteiger partial charge >= 0.3 is 0 Å². The Morgan fingerprint density at radius 1 is 1.07 bits per heavy atom. The van der Waals surface area contributed by atoms with Crippen molar-refractivity contribution in [2.24, 2.45) is 5.73 Å². The molecule has 3 heterocycles. The minimum atomic E-state index is -0.563. The number of aromatic nitrogens is 3. The van der Waals surface area contributed by atoms with E-state index in [-0.39, 0.29) is 12.0 Å². The van der Waals surface area contributed by atoms with E-state index in [2.05, 4.69) is 10.1 Å². The van der Waals surface area contributed by atoms with Crippen molar-refractivity contribution < 1.29 is 14.7 Å². The summed E-state index contributed by atoms with van der Waals surface area (Å²) >= 11 is 0. The van der Waals surface area contributed by atoms with E-state index in [0.29, 0.717) is 42.7 Å². The molecule has 0 spiro atoms. The van der Waals surface area contributed by atoms with Crippen molar-refractivity contribution in [3.05, 3.63) is 53.9 Å². The number of carbonyl (C=O) groups is 2. The van der Waals surface area contributed by atoms with E-state index in [0.717, 1.165) is 11.3 Å². The molecule has 0 bridgehead atoms. The zero-order valence-electron chi connectivity index (χ0n) is 14.6. The molecule has 1 aliphatic rings. The summed E-state index contributed by atoms with van der Waals surface area (Å²) in [4.78, 5) is 30.0. The van der Waals surface area contributed by atoms with Gasteiger partial charge in [-0.15, -0.1) is 0 Å². The van der Waals surface area contributed by atoms with Gasteiger partial charge in [-0.25, -0.2) is 9.50 Å². The summed E-state index contributed by atoms with van der Waals surface area (Å²) in [7, 11) is 0. The number of fused-ring (bicyclic) bond motifs is 1. The van der Waals surface area contributed by atoms with Crippen LogP contribution in [0.15, 0.2) is 42.7 Å². The Morgan fingerprint density at radius 2 is 1.78 bits per heavy atom. The molecule has 0 atom stereocenters. The molecule has 1 aromatic carbocycles. The lowest BCUT2D eigenvalue weighted by Gasteiger charge is -2.29. The Labute approximate surface area is 155 Å². The van der Waals surface area contributed by atoms with Crippen molar-refractivity contribution in [1.82, 2.24) is 19.5 Å². The number of nitrogens with zero attached hydrogens (tertiary/aromatic N) is 4. The maximum atomic E-state index is 12.6. The third kappa shape index (κ3) is 3.15. The number of benzene rings is 1. The fourth-order valence-corrected chi connectivity index (χ4v) is 3.35. The van der Waals surface area contributed by atoms with E-state index >= 15 is 0 Å². The van der Waals surface area contributed by atoms with E-state index in [1.807, 2.05) is 12.1 Å². The van der Waals surface area contributed by atoms with Crippen LogP contribution in [0, 0.1) is 0 Å². The van der Waals surface area contributed by atoms with Gasteiger partial charge < -0.3 is 15.7 Å². The molecule has 0 saturated carbocycles. The lowest BCUT2D eigenvalue weighted by Crippen LogP contribution is -2.40. The number of nitrogens with two attached hydrogens (primary N) is 1. The van der Waals surface area contributed by atoms with Gasteiger partial charge in [0, 0.05) is 24.2 Å². The molecule has 2 aromatic heterocycles. The van der Waals surface area contributed by atoms with E-state index in [1.165, 1.54) is 6.33 Å². The zero-order valence-corrected chi connectivity index (χ0v) is 14.6. The number of rotatable bonds is 3. The van der Waals surface area contributed by atoms with Crippen molar-refractivity contribution in [2.75, 3.05) is 13.1 Å². The van der Waals surface area contributed by atoms with Crippen LogP contribution >= 0.6 is 0 Å². The van der Waals surface area contributed by atoms with Crippen LogP contribution in [-0.2, 0) is 0 Å². The number of amides is 2. The van der Waals surface area contributed by atoms with Gasteiger partial charge in [-0.3, -0.25) is 9.59 Å². The second kappa shape index (κ2) is 6.81. The SMILES string of the molecule is NC(=O)c1ccc(-c2ccc(C(=O)N3CCC(O)CC3)cc2)n2ncnc12. The van der Waals surface area contributed by atoms with E-state index in [4.69, 9.17) is 5.73 Å². The Kier molecular flexibility index (Phi) is 4.33. The predicted octanol–water partition coefficient (Wildman–Crippen LogP) is 1.09. The normalized spacial score (nSPS) is 15.2. The quantitative estimate of drug-likeness (QED) is 0.721. The van der Waals surface area contributed by atoms with Gasteiger partial charge in [0.05, 0.1) is 17.4 Å². The Bertz CT molecular complexity index is 1000. The fourth-order valence-electron chi connectivity index (χ4n) is 3.35. The third-order valence-corrected chi connectivity index (χ3v) is 4.87. The molecular weight excluding hydrogens is 346 g/mol. The number of likely N-dealkylation sites (tertiary alicyclic amines) is 1. The molecule has 1 aliphatic heterocycles. The number of aliphatic hydroxyl groups is 1. The predicted molar refractivity (Wildman–Crippen MR) is 98.1 cm³/mol. The summed E-state index contributed by atoms with van der Waals surface area (Å²) in [5.41, 5.74) is 8.26. The molecule has 138 valence electrons. The molecule has 27 heavy (non-hydrogen) atoms. The van der Waals surface area contributed by atoms with Crippen molar-refractivity contribution in [2.45, 2.75) is 18.9 Å². The fraction of sp³-hybridized carbons (Fsp3) is 0.263. The van der Waals surface area contributed by atoms with Crippen molar-refractivity contribution >= 4 is 17.5 Å². The Hall–Kier alpha value is -3.26. The Morgan fingerprint density at radius 3 is 2.44 bits per heavy atom. The van der Waals surface area contributed by atoms with Crippen LogP contribution in [0.1, 0.15) is 33.6 Å². The summed E-state index contributed by atoms with van der Waals surface area (Å²) in [6.45, 7) is 1.13. The number of carbonyl (C=O) groups excluding carboxylic acids is 2. The van der Waals surface area contributed by atoms with Crippen molar-refractivity contribution in [3.8, 4) is 11.3 Å². The average molecular weight is 365 g/mol. The average Bonchev–Trinajstić information content (AvgIpc) is 3.17. The highest BCUT2D eigenvalue weighted by atomic mass is 16.3. The second-order valence-corrected chi connectivity index (χ2v) is 6.59. The van der Waals surface area contributed by atoms with Gasteiger partial charge in [-0.05, 0) is 37.1 Å². The summed E-state index contributed by atoms with van der Waals surface area (Å²) in [5.74, 6) is -0.601. The van der Waals surface area contributed by atoms with Crippen LogP contribution in [0.4, 0.5) is 0 Å². The topological polar surface area (TPSA) is 114 Å². The molecule has 8 nitrogen and oxygen atoms in total. The van der Waals surface area contributed by atoms with E-state index in [1.54, 1.807) is 33.7 Å². The second-order valence-electron chi connectivity index (χ2n) is 6.59. The molecule has 1 saturated heterocycles. The molecule has 0 aliphatic carbocycles. The number of pyridine rings is 1. The third-order valence-electron chi connectivity index (χ3n) is 4.87. The number of hydrogen-bond donors (Lipinski definition) is 2. The van der Waals surface area contributed by atoms with Crippen molar-refractivity contribution in [3.63, 3.8) is 0 Å². The van der Waals surface area contributed by atoms with Gasteiger partial charge in [0.1, 0.15) is 6.33 Å². The summed E-state index contributed by atoms with van der Waals surface area (Å²) in [5, 5.41) is 13.8. The highest BCUT2D eigenvalue weighted by Crippen LogP contribution is 2.23. The van der Waals surface area contributed by atoms with Crippen molar-refractivity contribution in [1.29, 1.82) is 0 Å². The molecule has 2 amide bonds. The van der Waals surface area contributed by atoms with Gasteiger partial charge in [0.2, 0.25) is 0 Å². The molecule has 0 unspecified atom stereocenters. The van der Waals surface area contributed by atoms with Gasteiger partial charge in [-0.2, -0.15) is 5.10 Å². The lowest BCUT2D eigenvalue weighted by atomic mass is 10.0. The maximum Gasteiger partial charge on any atom is 0.253 e. The highest BCUT2D eigenvalue weighted by molar-refractivity contribution is 5.99. The van der Waals surface area contributed by atoms with Gasteiger partial charge in [0.25, 0.3) is 11.8 Å². The van der Waals surface area contributed by atoms with Crippen LogP contribution in [0.2, 0.25) is 0 Å². The molecule has 0 radical (unpaired) electrons. The molecule has 8 heteroatoms. The molecule has 1 fully saturated rings. The summed E-state index contributed by atoms with van der Waals surface area (Å²) < 4.78 is 1.56. The standard InChI is InChI=1S/C19H19N5O3/c20-17(26)15-5-6-16(24-18(15)21-11-22-24)12-1-3-13(4-2-12)19(27)23-9-7-14(25)8-10-23/h1-6,11,14,25H,7-10H2,(H2,20,26).